The second-order valence-corrected chi connectivity index (χ2v) is 7.58. The third kappa shape index (κ3) is 2.71. The molecule has 4 rings (SSSR count). The van der Waals surface area contributed by atoms with E-state index in [0.717, 1.165) is 36.1 Å². The number of nitrogens with zero attached hydrogens (tertiary/aromatic N) is 1. The summed E-state index contributed by atoms with van der Waals surface area (Å²) in [6, 6.07) is 12.8. The van der Waals surface area contributed by atoms with Gasteiger partial charge in [-0.25, -0.2) is 8.78 Å². The minimum absolute atomic E-state index is 0.0564. The molecule has 2 aliphatic rings. The Morgan fingerprint density at radius 3 is 2.15 bits per heavy atom. The van der Waals surface area contributed by atoms with Gasteiger partial charge < -0.3 is 10.5 Å². The lowest BCUT2D eigenvalue weighted by Gasteiger charge is -2.53. The number of hydrogen-bond acceptors (Lipinski definition) is 3. The number of halogens is 2. The Morgan fingerprint density at radius 1 is 1.00 bits per heavy atom. The van der Waals surface area contributed by atoms with Gasteiger partial charge >= 0.3 is 0 Å². The fourth-order valence-corrected chi connectivity index (χ4v) is 4.78. The van der Waals surface area contributed by atoms with Gasteiger partial charge in [0.25, 0.3) is 0 Å². The quantitative estimate of drug-likeness (QED) is 0.588. The molecule has 0 amide bonds. The molecule has 1 saturated carbocycles. The maximum Gasteiger partial charge on any atom is 0.123 e. The van der Waals surface area contributed by atoms with Crippen LogP contribution in [0.5, 0.6) is 0 Å². The van der Waals surface area contributed by atoms with E-state index < -0.39 is 0 Å². The fraction of sp³-hybridized carbons (Fsp3) is 0.381. The third-order valence-electron chi connectivity index (χ3n) is 6.07. The molecule has 0 aromatic heterocycles. The standard InChI is InChI=1S/C21H22F2N2O/c1-21-12-2-3-17(20(21)25-26)18(13-4-8-15(22)9-5-13)24-19(21)14-6-10-16(23)11-7-14/h4-11,17-19,24,26H,2-3,12H2,1H3/b25-20+. The van der Waals surface area contributed by atoms with Crippen LogP contribution in [0, 0.1) is 23.0 Å². The second-order valence-electron chi connectivity index (χ2n) is 7.58. The number of nitrogens with one attached hydrogen (secondary N) is 1. The predicted molar refractivity (Wildman–Crippen MR) is 96.1 cm³/mol. The Hall–Kier alpha value is -2.27. The first-order valence-electron chi connectivity index (χ1n) is 9.02. The van der Waals surface area contributed by atoms with Gasteiger partial charge in [-0.1, -0.05) is 42.8 Å². The summed E-state index contributed by atoms with van der Waals surface area (Å²) in [5, 5.41) is 17.2. The van der Waals surface area contributed by atoms with Crippen LogP contribution in [0.2, 0.25) is 0 Å². The van der Waals surface area contributed by atoms with Gasteiger partial charge in [-0.05, 0) is 48.2 Å². The molecule has 1 aliphatic heterocycles. The van der Waals surface area contributed by atoms with Crippen molar-refractivity contribution in [3.63, 3.8) is 0 Å². The lowest BCUT2D eigenvalue weighted by atomic mass is 9.58. The third-order valence-corrected chi connectivity index (χ3v) is 6.07. The molecule has 2 N–H and O–H groups in total. The van der Waals surface area contributed by atoms with Crippen molar-refractivity contribution in [2.75, 3.05) is 0 Å². The van der Waals surface area contributed by atoms with Crippen molar-refractivity contribution in [3.8, 4) is 0 Å². The van der Waals surface area contributed by atoms with E-state index in [1.54, 1.807) is 24.3 Å². The van der Waals surface area contributed by atoms with E-state index in [0.29, 0.717) is 0 Å². The summed E-state index contributed by atoms with van der Waals surface area (Å²) < 4.78 is 26.8. The molecule has 4 atom stereocenters. The van der Waals surface area contributed by atoms with Crippen LogP contribution in [-0.4, -0.2) is 10.9 Å². The van der Waals surface area contributed by atoms with Crippen LogP contribution in [0.1, 0.15) is 49.4 Å². The normalized spacial score (nSPS) is 32.6. The van der Waals surface area contributed by atoms with E-state index in [-0.39, 0.29) is 35.1 Å². The number of hydrogen-bond donors (Lipinski definition) is 2. The molecule has 4 unspecified atom stereocenters. The summed E-state index contributed by atoms with van der Waals surface area (Å²) in [6.07, 6.45) is 2.84. The molecule has 3 nitrogen and oxygen atoms in total. The first kappa shape index (κ1) is 17.2. The van der Waals surface area contributed by atoms with Crippen molar-refractivity contribution in [3.05, 3.63) is 71.3 Å². The number of benzene rings is 2. The maximum atomic E-state index is 13.4. The Kier molecular flexibility index (Phi) is 4.27. The summed E-state index contributed by atoms with van der Waals surface area (Å²) in [7, 11) is 0. The average molecular weight is 356 g/mol. The molecular formula is C21H22F2N2O. The van der Waals surface area contributed by atoms with Crippen LogP contribution in [0.4, 0.5) is 8.78 Å². The smallest absolute Gasteiger partial charge is 0.123 e. The minimum atomic E-state index is -0.341. The zero-order chi connectivity index (χ0) is 18.3. The molecule has 0 spiro atoms. The molecule has 1 saturated heterocycles. The fourth-order valence-electron chi connectivity index (χ4n) is 4.78. The van der Waals surface area contributed by atoms with Gasteiger partial charge in [0.2, 0.25) is 0 Å². The Balaban J connectivity index is 1.80. The van der Waals surface area contributed by atoms with E-state index in [2.05, 4.69) is 17.4 Å². The van der Waals surface area contributed by atoms with Crippen molar-refractivity contribution < 1.29 is 14.0 Å². The summed E-state index contributed by atoms with van der Waals surface area (Å²) in [5.41, 5.74) is 2.37. The molecule has 136 valence electrons. The highest BCUT2D eigenvalue weighted by Crippen LogP contribution is 2.53. The van der Waals surface area contributed by atoms with Crippen molar-refractivity contribution >= 4 is 5.71 Å². The van der Waals surface area contributed by atoms with Crippen molar-refractivity contribution in [1.29, 1.82) is 0 Å². The van der Waals surface area contributed by atoms with Gasteiger partial charge in [0.15, 0.2) is 0 Å². The van der Waals surface area contributed by atoms with Crippen LogP contribution >= 0.6 is 0 Å². The largest absolute Gasteiger partial charge is 0.411 e. The number of piperidine rings is 1. The number of fused-ring (bicyclic) bond motifs is 2. The molecular weight excluding hydrogens is 334 g/mol. The van der Waals surface area contributed by atoms with Gasteiger partial charge in [-0.2, -0.15) is 0 Å². The van der Waals surface area contributed by atoms with Crippen LogP contribution in [0.15, 0.2) is 53.7 Å². The summed E-state index contributed by atoms with van der Waals surface area (Å²) in [4.78, 5) is 0. The highest BCUT2D eigenvalue weighted by Gasteiger charge is 2.52. The summed E-state index contributed by atoms with van der Waals surface area (Å²) in [5.74, 6) is -0.493. The first-order chi connectivity index (χ1) is 12.5. The average Bonchev–Trinajstić information content (AvgIpc) is 2.63. The summed E-state index contributed by atoms with van der Waals surface area (Å²) in [6.45, 7) is 2.11. The van der Waals surface area contributed by atoms with Gasteiger partial charge in [0.1, 0.15) is 11.6 Å². The van der Waals surface area contributed by atoms with E-state index in [1.807, 2.05) is 0 Å². The van der Waals surface area contributed by atoms with Gasteiger partial charge in [0, 0.05) is 23.4 Å². The van der Waals surface area contributed by atoms with Crippen molar-refractivity contribution in [2.45, 2.75) is 38.3 Å². The Labute approximate surface area is 151 Å². The molecule has 0 radical (unpaired) electrons. The van der Waals surface area contributed by atoms with Crippen LogP contribution in [-0.2, 0) is 0 Å². The Morgan fingerprint density at radius 2 is 1.58 bits per heavy atom. The van der Waals surface area contributed by atoms with Gasteiger partial charge in [-0.15, -0.1) is 0 Å². The van der Waals surface area contributed by atoms with Crippen LogP contribution < -0.4 is 5.32 Å². The van der Waals surface area contributed by atoms with Crippen molar-refractivity contribution in [1.82, 2.24) is 5.32 Å². The second kappa shape index (κ2) is 6.47. The van der Waals surface area contributed by atoms with E-state index in [4.69, 9.17) is 0 Å². The number of oxime groups is 1. The summed E-state index contributed by atoms with van der Waals surface area (Å²) >= 11 is 0. The van der Waals surface area contributed by atoms with E-state index in [9.17, 15) is 14.0 Å². The molecule has 26 heavy (non-hydrogen) atoms. The SMILES string of the molecule is CC12CCCC(/C1=N\O)C(c1ccc(F)cc1)NC2c1ccc(F)cc1. The molecule has 1 heterocycles. The van der Waals surface area contributed by atoms with E-state index >= 15 is 0 Å². The van der Waals surface area contributed by atoms with Crippen LogP contribution in [0.3, 0.4) is 0 Å². The lowest BCUT2D eigenvalue weighted by Crippen LogP contribution is -2.56. The first-order valence-corrected chi connectivity index (χ1v) is 9.02. The van der Waals surface area contributed by atoms with Gasteiger partial charge in [-0.3, -0.25) is 0 Å². The maximum absolute atomic E-state index is 13.4. The van der Waals surface area contributed by atoms with Gasteiger partial charge in [0.05, 0.1) is 5.71 Å². The number of rotatable bonds is 2. The molecule has 2 aromatic carbocycles. The zero-order valence-corrected chi connectivity index (χ0v) is 14.6. The van der Waals surface area contributed by atoms with E-state index in [1.165, 1.54) is 24.3 Å². The van der Waals surface area contributed by atoms with Crippen molar-refractivity contribution in [2.24, 2.45) is 16.5 Å². The molecule has 2 bridgehead atoms. The van der Waals surface area contributed by atoms with Crippen LogP contribution in [0.25, 0.3) is 0 Å². The molecule has 1 aliphatic carbocycles. The molecule has 5 heteroatoms. The highest BCUT2D eigenvalue weighted by molar-refractivity contribution is 5.94. The zero-order valence-electron chi connectivity index (χ0n) is 14.6. The highest BCUT2D eigenvalue weighted by atomic mass is 19.1. The topological polar surface area (TPSA) is 44.6 Å². The minimum Gasteiger partial charge on any atom is -0.411 e. The predicted octanol–water partition coefficient (Wildman–Crippen LogP) is 4.99. The lowest BCUT2D eigenvalue weighted by molar-refractivity contribution is 0.147. The Bertz CT molecular complexity index is 819. The molecule has 2 aromatic rings. The molecule has 2 fully saturated rings. The monoisotopic (exact) mass is 356 g/mol.